The number of halogens is 1. The predicted molar refractivity (Wildman–Crippen MR) is 89.1 cm³/mol. The number of nitrogens with two attached hydrogens (primary N) is 1. The maximum Gasteiger partial charge on any atom is 0.231 e. The largest absolute Gasteiger partial charge is 0.339 e. The summed E-state index contributed by atoms with van der Waals surface area (Å²) in [4.78, 5) is 4.47. The van der Waals surface area contributed by atoms with Gasteiger partial charge in [0.1, 0.15) is 0 Å². The van der Waals surface area contributed by atoms with Crippen molar-refractivity contribution in [1.29, 1.82) is 0 Å². The minimum Gasteiger partial charge on any atom is -0.339 e. The fourth-order valence-electron chi connectivity index (χ4n) is 2.75. The fraction of sp³-hybridized carbons (Fsp3) is 0.529. The first kappa shape index (κ1) is 17.0. The van der Waals surface area contributed by atoms with Gasteiger partial charge in [-0.15, -0.1) is 12.4 Å². The highest BCUT2D eigenvalue weighted by Gasteiger charge is 2.38. The number of hydrogen-bond donors (Lipinski definition) is 1. The van der Waals surface area contributed by atoms with Gasteiger partial charge in [0.25, 0.3) is 0 Å². The Hall–Kier alpha value is -1.39. The van der Waals surface area contributed by atoms with E-state index >= 15 is 0 Å². The fourth-order valence-corrected chi connectivity index (χ4v) is 2.75. The molecule has 0 bridgehead atoms. The molecule has 3 rings (SSSR count). The first-order chi connectivity index (χ1) is 10.0. The van der Waals surface area contributed by atoms with Gasteiger partial charge in [-0.3, -0.25) is 0 Å². The maximum absolute atomic E-state index is 6.21. The van der Waals surface area contributed by atoms with Crippen LogP contribution in [0.2, 0.25) is 0 Å². The second kappa shape index (κ2) is 6.80. The van der Waals surface area contributed by atoms with Crippen LogP contribution in [0.3, 0.4) is 0 Å². The van der Waals surface area contributed by atoms with E-state index in [4.69, 9.17) is 10.3 Å². The van der Waals surface area contributed by atoms with Crippen LogP contribution >= 0.6 is 12.4 Å². The average molecular weight is 322 g/mol. The Bertz CT molecular complexity index is 603. The Morgan fingerprint density at radius 2 is 1.82 bits per heavy atom. The van der Waals surface area contributed by atoms with Gasteiger partial charge >= 0.3 is 0 Å². The topological polar surface area (TPSA) is 64.9 Å². The van der Waals surface area contributed by atoms with Crippen molar-refractivity contribution in [3.63, 3.8) is 0 Å². The minimum absolute atomic E-state index is 0. The summed E-state index contributed by atoms with van der Waals surface area (Å²) < 4.78 is 5.34. The van der Waals surface area contributed by atoms with Gasteiger partial charge in [-0.05, 0) is 42.7 Å². The molecular weight excluding hydrogens is 298 g/mol. The van der Waals surface area contributed by atoms with E-state index in [-0.39, 0.29) is 17.9 Å². The predicted octanol–water partition coefficient (Wildman–Crippen LogP) is 3.62. The molecule has 0 saturated heterocycles. The second-order valence-electron chi connectivity index (χ2n) is 6.61. The van der Waals surface area contributed by atoms with Gasteiger partial charge in [-0.2, -0.15) is 4.98 Å². The van der Waals surface area contributed by atoms with E-state index in [1.165, 1.54) is 11.1 Å². The van der Waals surface area contributed by atoms with Crippen molar-refractivity contribution in [2.24, 2.45) is 11.7 Å². The molecule has 0 atom stereocenters. The molecule has 2 aromatic rings. The molecule has 22 heavy (non-hydrogen) atoms. The van der Waals surface area contributed by atoms with Crippen LogP contribution in [0.4, 0.5) is 0 Å². The quantitative estimate of drug-likeness (QED) is 0.913. The zero-order chi connectivity index (χ0) is 14.9. The summed E-state index contributed by atoms with van der Waals surface area (Å²) in [5.74, 6) is 2.00. The molecule has 0 radical (unpaired) electrons. The zero-order valence-corrected chi connectivity index (χ0v) is 14.0. The van der Waals surface area contributed by atoms with E-state index in [9.17, 15) is 0 Å². The number of nitrogens with zero attached hydrogens (tertiary/aromatic N) is 2. The molecule has 0 unspecified atom stereocenters. The molecule has 0 spiro atoms. The highest BCUT2D eigenvalue weighted by Crippen LogP contribution is 2.36. The first-order valence-corrected chi connectivity index (χ1v) is 7.75. The van der Waals surface area contributed by atoms with Crippen LogP contribution in [-0.4, -0.2) is 10.1 Å². The SMILES string of the molecule is CC(C)Cc1ccc(Cc2nc(C3(N)CCC3)no2)cc1.Cl. The monoisotopic (exact) mass is 321 g/mol. The van der Waals surface area contributed by atoms with Crippen molar-refractivity contribution >= 4 is 12.4 Å². The summed E-state index contributed by atoms with van der Waals surface area (Å²) >= 11 is 0. The number of rotatable bonds is 5. The Labute approximate surface area is 137 Å². The van der Waals surface area contributed by atoms with Gasteiger partial charge in [0, 0.05) is 0 Å². The van der Waals surface area contributed by atoms with Crippen molar-refractivity contribution in [3.05, 3.63) is 47.1 Å². The molecule has 1 heterocycles. The molecule has 5 heteroatoms. The van der Waals surface area contributed by atoms with Gasteiger partial charge in [0.15, 0.2) is 5.82 Å². The summed E-state index contributed by atoms with van der Waals surface area (Å²) in [6.45, 7) is 4.47. The summed E-state index contributed by atoms with van der Waals surface area (Å²) in [6.07, 6.45) is 4.84. The van der Waals surface area contributed by atoms with Crippen LogP contribution in [0.25, 0.3) is 0 Å². The van der Waals surface area contributed by atoms with Gasteiger partial charge in [-0.1, -0.05) is 43.3 Å². The Morgan fingerprint density at radius 1 is 1.18 bits per heavy atom. The summed E-state index contributed by atoms with van der Waals surface area (Å²) in [5.41, 5.74) is 8.43. The normalized spacial score (nSPS) is 16.2. The highest BCUT2D eigenvalue weighted by molar-refractivity contribution is 5.85. The van der Waals surface area contributed by atoms with Crippen LogP contribution in [-0.2, 0) is 18.4 Å². The average Bonchev–Trinajstić information content (AvgIpc) is 2.86. The molecule has 4 nitrogen and oxygen atoms in total. The van der Waals surface area contributed by atoms with Crippen LogP contribution in [0.1, 0.15) is 56.0 Å². The standard InChI is InChI=1S/C17H23N3O.ClH/c1-12(2)10-13-4-6-14(7-5-13)11-15-19-16(20-21-15)17(18)8-3-9-17;/h4-7,12H,3,8-11,18H2,1-2H3;1H. The molecule has 1 fully saturated rings. The van der Waals surface area contributed by atoms with E-state index in [1.807, 2.05) is 0 Å². The van der Waals surface area contributed by atoms with Crippen molar-refractivity contribution in [3.8, 4) is 0 Å². The maximum atomic E-state index is 6.21. The number of aromatic nitrogens is 2. The number of hydrogen-bond acceptors (Lipinski definition) is 4. The van der Waals surface area contributed by atoms with Crippen molar-refractivity contribution in [1.82, 2.24) is 10.1 Å². The Morgan fingerprint density at radius 3 is 2.36 bits per heavy atom. The highest BCUT2D eigenvalue weighted by atomic mass is 35.5. The summed E-state index contributed by atoms with van der Waals surface area (Å²) in [7, 11) is 0. The van der Waals surface area contributed by atoms with Crippen molar-refractivity contribution in [2.75, 3.05) is 0 Å². The molecule has 0 aliphatic heterocycles. The molecule has 2 N–H and O–H groups in total. The molecule has 1 aromatic carbocycles. The lowest BCUT2D eigenvalue weighted by atomic mass is 9.77. The molecule has 120 valence electrons. The number of benzene rings is 1. The van der Waals surface area contributed by atoms with E-state index in [0.29, 0.717) is 24.1 Å². The zero-order valence-electron chi connectivity index (χ0n) is 13.2. The third-order valence-electron chi connectivity index (χ3n) is 4.18. The third kappa shape index (κ3) is 3.68. The van der Waals surface area contributed by atoms with Crippen molar-refractivity contribution in [2.45, 2.75) is 51.5 Å². The molecule has 1 aliphatic rings. The van der Waals surface area contributed by atoms with E-state index in [1.54, 1.807) is 0 Å². The van der Waals surface area contributed by atoms with Crippen molar-refractivity contribution < 1.29 is 4.52 Å². The summed E-state index contributed by atoms with van der Waals surface area (Å²) in [6, 6.07) is 8.65. The van der Waals surface area contributed by atoms with Crippen LogP contribution in [0.5, 0.6) is 0 Å². The molecule has 1 saturated carbocycles. The first-order valence-electron chi connectivity index (χ1n) is 7.75. The smallest absolute Gasteiger partial charge is 0.231 e. The summed E-state index contributed by atoms with van der Waals surface area (Å²) in [5, 5.41) is 4.05. The van der Waals surface area contributed by atoms with Gasteiger partial charge in [0.2, 0.25) is 5.89 Å². The molecule has 1 aromatic heterocycles. The Kier molecular flexibility index (Phi) is 5.24. The van der Waals surface area contributed by atoms with Gasteiger partial charge in [0.05, 0.1) is 12.0 Å². The molecule has 1 aliphatic carbocycles. The van der Waals surface area contributed by atoms with Gasteiger partial charge < -0.3 is 10.3 Å². The van der Waals surface area contributed by atoms with Crippen LogP contribution < -0.4 is 5.73 Å². The van der Waals surface area contributed by atoms with Gasteiger partial charge in [-0.25, -0.2) is 0 Å². The lowest BCUT2D eigenvalue weighted by Gasteiger charge is -2.34. The lowest BCUT2D eigenvalue weighted by molar-refractivity contribution is 0.229. The van der Waals surface area contributed by atoms with E-state index in [0.717, 1.165) is 25.7 Å². The molecular formula is C17H24ClN3O. The lowest BCUT2D eigenvalue weighted by Crippen LogP contribution is -2.44. The Balaban J connectivity index is 0.00000176. The van der Waals surface area contributed by atoms with E-state index < -0.39 is 0 Å². The van der Waals surface area contributed by atoms with Crippen LogP contribution in [0.15, 0.2) is 28.8 Å². The second-order valence-corrected chi connectivity index (χ2v) is 6.61. The minimum atomic E-state index is -0.344. The van der Waals surface area contributed by atoms with E-state index in [2.05, 4.69) is 48.3 Å². The molecule has 0 amide bonds. The van der Waals surface area contributed by atoms with Crippen LogP contribution in [0, 0.1) is 5.92 Å². The third-order valence-corrected chi connectivity index (χ3v) is 4.18.